The number of rotatable bonds is 6. The number of hydrogen-bond acceptors (Lipinski definition) is 5. The molecule has 0 aliphatic carbocycles. The molecule has 1 amide bonds. The largest absolute Gasteiger partial charge is 0.495 e. The molecule has 0 aliphatic heterocycles. The number of ether oxygens (including phenoxy) is 1. The van der Waals surface area contributed by atoms with Gasteiger partial charge in [0.25, 0.3) is 0 Å². The van der Waals surface area contributed by atoms with Gasteiger partial charge in [0.15, 0.2) is 0 Å². The summed E-state index contributed by atoms with van der Waals surface area (Å²) in [5.74, 6) is -0.466. The van der Waals surface area contributed by atoms with Crippen LogP contribution in [0.3, 0.4) is 0 Å². The average Bonchev–Trinajstić information content (AvgIpc) is 3.07. The van der Waals surface area contributed by atoms with Gasteiger partial charge in [0.05, 0.1) is 12.8 Å². The van der Waals surface area contributed by atoms with Crippen LogP contribution in [0.1, 0.15) is 17.9 Å². The number of benzene rings is 2. The van der Waals surface area contributed by atoms with E-state index in [9.17, 15) is 13.6 Å². The van der Waals surface area contributed by atoms with Crippen LogP contribution in [0, 0.1) is 18.6 Å². The molecule has 0 fully saturated rings. The van der Waals surface area contributed by atoms with Gasteiger partial charge in [0, 0.05) is 25.0 Å². The molecule has 8 heteroatoms. The topological polar surface area (TPSA) is 77.2 Å². The summed E-state index contributed by atoms with van der Waals surface area (Å²) in [7, 11) is 1.48. The summed E-state index contributed by atoms with van der Waals surface area (Å²) in [5.41, 5.74) is 1.32. The van der Waals surface area contributed by atoms with Gasteiger partial charge in [-0.1, -0.05) is 6.07 Å². The first-order valence-electron chi connectivity index (χ1n) is 8.18. The summed E-state index contributed by atoms with van der Waals surface area (Å²) in [6.45, 7) is 1.68. The minimum absolute atomic E-state index is 0.0234. The third kappa shape index (κ3) is 4.46. The van der Waals surface area contributed by atoms with E-state index in [0.717, 1.165) is 12.1 Å². The van der Waals surface area contributed by atoms with E-state index in [1.165, 1.54) is 13.2 Å². The molecular formula is C19H17F2N3O3. The average molecular weight is 373 g/mol. The second-order valence-corrected chi connectivity index (χ2v) is 5.83. The zero-order valence-electron chi connectivity index (χ0n) is 14.8. The predicted octanol–water partition coefficient (Wildman–Crippen LogP) is 3.90. The van der Waals surface area contributed by atoms with Crippen molar-refractivity contribution < 1.29 is 22.7 Å². The van der Waals surface area contributed by atoms with Crippen molar-refractivity contribution in [1.82, 2.24) is 10.2 Å². The van der Waals surface area contributed by atoms with Gasteiger partial charge in [-0.3, -0.25) is 4.79 Å². The SMILES string of the molecule is COc1ccc(-c2nnc(C)o2)cc1NC(=O)CCc1ccc(F)cc1F. The highest BCUT2D eigenvalue weighted by Crippen LogP contribution is 2.30. The molecule has 0 saturated carbocycles. The summed E-state index contributed by atoms with van der Waals surface area (Å²) < 4.78 is 37.3. The fourth-order valence-corrected chi connectivity index (χ4v) is 2.54. The van der Waals surface area contributed by atoms with E-state index < -0.39 is 11.6 Å². The lowest BCUT2D eigenvalue weighted by Crippen LogP contribution is -2.13. The number of halogens is 2. The molecule has 27 heavy (non-hydrogen) atoms. The summed E-state index contributed by atoms with van der Waals surface area (Å²) in [5, 5.41) is 10.4. The van der Waals surface area contributed by atoms with E-state index in [1.54, 1.807) is 25.1 Å². The van der Waals surface area contributed by atoms with Crippen LogP contribution in [0.5, 0.6) is 5.75 Å². The van der Waals surface area contributed by atoms with Crippen LogP contribution in [-0.4, -0.2) is 23.2 Å². The van der Waals surface area contributed by atoms with Gasteiger partial charge >= 0.3 is 0 Å². The summed E-state index contributed by atoms with van der Waals surface area (Å²) in [6, 6.07) is 8.35. The van der Waals surface area contributed by atoms with E-state index in [1.807, 2.05) is 0 Å². The van der Waals surface area contributed by atoms with Crippen molar-refractivity contribution in [3.8, 4) is 17.2 Å². The third-order valence-electron chi connectivity index (χ3n) is 3.88. The maximum absolute atomic E-state index is 13.7. The Hall–Kier alpha value is -3.29. The van der Waals surface area contributed by atoms with Gasteiger partial charge < -0.3 is 14.5 Å². The van der Waals surface area contributed by atoms with Crippen molar-refractivity contribution in [1.29, 1.82) is 0 Å². The highest BCUT2D eigenvalue weighted by molar-refractivity contribution is 5.93. The molecule has 6 nitrogen and oxygen atoms in total. The van der Waals surface area contributed by atoms with Gasteiger partial charge in [-0.05, 0) is 36.2 Å². The molecule has 1 aromatic heterocycles. The molecule has 0 aliphatic rings. The number of hydrogen-bond donors (Lipinski definition) is 1. The Labute approximate surface area is 154 Å². The summed E-state index contributed by atoms with van der Waals surface area (Å²) in [4.78, 5) is 12.3. The lowest BCUT2D eigenvalue weighted by Gasteiger charge is -2.11. The maximum Gasteiger partial charge on any atom is 0.247 e. The van der Waals surface area contributed by atoms with Crippen LogP contribution >= 0.6 is 0 Å². The monoisotopic (exact) mass is 373 g/mol. The number of aryl methyl sites for hydroxylation is 2. The maximum atomic E-state index is 13.7. The molecule has 1 heterocycles. The number of carbonyl (C=O) groups excluding carboxylic acids is 1. The number of carbonyl (C=O) groups is 1. The summed E-state index contributed by atoms with van der Waals surface area (Å²) >= 11 is 0. The van der Waals surface area contributed by atoms with Gasteiger partial charge in [-0.15, -0.1) is 10.2 Å². The Bertz CT molecular complexity index is 973. The molecular weight excluding hydrogens is 356 g/mol. The van der Waals surface area contributed by atoms with Crippen molar-refractivity contribution in [2.75, 3.05) is 12.4 Å². The predicted molar refractivity (Wildman–Crippen MR) is 94.3 cm³/mol. The van der Waals surface area contributed by atoms with Crippen LogP contribution < -0.4 is 10.1 Å². The van der Waals surface area contributed by atoms with Crippen molar-refractivity contribution in [3.05, 3.63) is 59.5 Å². The molecule has 0 spiro atoms. The van der Waals surface area contributed by atoms with E-state index in [4.69, 9.17) is 9.15 Å². The van der Waals surface area contributed by atoms with Gasteiger partial charge in [-0.2, -0.15) is 0 Å². The van der Waals surface area contributed by atoms with Gasteiger partial charge in [0.1, 0.15) is 17.4 Å². The molecule has 0 unspecified atom stereocenters. The standard InChI is InChI=1S/C19H17F2N3O3/c1-11-23-24-19(27-11)13-4-7-17(26-2)16(9-13)22-18(25)8-5-12-3-6-14(20)10-15(12)21/h3-4,6-7,9-10H,5,8H2,1-2H3,(H,22,25). The second-order valence-electron chi connectivity index (χ2n) is 5.83. The Kier molecular flexibility index (Phi) is 5.44. The lowest BCUT2D eigenvalue weighted by atomic mass is 10.1. The zero-order chi connectivity index (χ0) is 19.4. The number of aromatic nitrogens is 2. The number of amides is 1. The molecule has 0 atom stereocenters. The number of nitrogens with one attached hydrogen (secondary N) is 1. The smallest absolute Gasteiger partial charge is 0.247 e. The highest BCUT2D eigenvalue weighted by Gasteiger charge is 2.13. The van der Waals surface area contributed by atoms with E-state index in [2.05, 4.69) is 15.5 Å². The fraction of sp³-hybridized carbons (Fsp3) is 0.211. The highest BCUT2D eigenvalue weighted by atomic mass is 19.1. The number of nitrogens with zero attached hydrogens (tertiary/aromatic N) is 2. The van der Waals surface area contributed by atoms with Crippen molar-refractivity contribution in [2.24, 2.45) is 0 Å². The molecule has 1 N–H and O–H groups in total. The van der Waals surface area contributed by atoms with Crippen LogP contribution in [0.4, 0.5) is 14.5 Å². The Morgan fingerprint density at radius 2 is 2.00 bits per heavy atom. The molecule has 0 bridgehead atoms. The molecule has 0 saturated heterocycles. The molecule has 3 rings (SSSR count). The first kappa shape index (κ1) is 18.5. The Morgan fingerprint density at radius 1 is 1.19 bits per heavy atom. The zero-order valence-corrected chi connectivity index (χ0v) is 14.8. The van der Waals surface area contributed by atoms with E-state index in [0.29, 0.717) is 28.8 Å². The van der Waals surface area contributed by atoms with Crippen LogP contribution in [0.2, 0.25) is 0 Å². The lowest BCUT2D eigenvalue weighted by molar-refractivity contribution is -0.116. The quantitative estimate of drug-likeness (QED) is 0.709. The molecule has 140 valence electrons. The number of methoxy groups -OCH3 is 1. The van der Waals surface area contributed by atoms with Gasteiger partial charge in [-0.25, -0.2) is 8.78 Å². The van der Waals surface area contributed by atoms with E-state index in [-0.39, 0.29) is 24.3 Å². The van der Waals surface area contributed by atoms with Crippen molar-refractivity contribution in [2.45, 2.75) is 19.8 Å². The van der Waals surface area contributed by atoms with E-state index >= 15 is 0 Å². The normalized spacial score (nSPS) is 10.7. The molecule has 2 aromatic carbocycles. The molecule has 3 aromatic rings. The number of anilines is 1. The van der Waals surface area contributed by atoms with Crippen LogP contribution in [-0.2, 0) is 11.2 Å². The van der Waals surface area contributed by atoms with Crippen LogP contribution in [0.15, 0.2) is 40.8 Å². The Balaban J connectivity index is 1.72. The minimum Gasteiger partial charge on any atom is -0.495 e. The first-order chi connectivity index (χ1) is 13.0. The van der Waals surface area contributed by atoms with Crippen molar-refractivity contribution >= 4 is 11.6 Å². The minimum atomic E-state index is -0.672. The van der Waals surface area contributed by atoms with Gasteiger partial charge in [0.2, 0.25) is 17.7 Å². The second kappa shape index (κ2) is 7.94. The van der Waals surface area contributed by atoms with Crippen LogP contribution in [0.25, 0.3) is 11.5 Å². The van der Waals surface area contributed by atoms with Crippen molar-refractivity contribution in [3.63, 3.8) is 0 Å². The fourth-order valence-electron chi connectivity index (χ4n) is 2.54. The summed E-state index contributed by atoms with van der Waals surface area (Å²) in [6.07, 6.45) is 0.165. The first-order valence-corrected chi connectivity index (χ1v) is 8.18. The Morgan fingerprint density at radius 3 is 2.67 bits per heavy atom. The third-order valence-corrected chi connectivity index (χ3v) is 3.88. The molecule has 0 radical (unpaired) electrons.